The molecule has 0 radical (unpaired) electrons. The molecule has 7 heteroatoms. The lowest BCUT2D eigenvalue weighted by Crippen LogP contribution is -2.41. The van der Waals surface area contributed by atoms with Crippen molar-refractivity contribution in [3.63, 3.8) is 0 Å². The maximum atomic E-state index is 12.5. The molecule has 6 nitrogen and oxygen atoms in total. The summed E-state index contributed by atoms with van der Waals surface area (Å²) in [6, 6.07) is 1.00. The van der Waals surface area contributed by atoms with Gasteiger partial charge in [0, 0.05) is 19.2 Å². The van der Waals surface area contributed by atoms with Crippen molar-refractivity contribution in [3.8, 4) is 0 Å². The molecular weight excluding hydrogens is 231 g/mol. The van der Waals surface area contributed by atoms with Crippen LogP contribution in [0.3, 0.4) is 0 Å². The van der Waals surface area contributed by atoms with Crippen molar-refractivity contribution >= 4 is 11.9 Å². The Labute approximate surface area is 96.1 Å². The van der Waals surface area contributed by atoms with Gasteiger partial charge in [-0.05, 0) is 12.1 Å². The normalized spacial score (nSPS) is 11.9. The van der Waals surface area contributed by atoms with Crippen molar-refractivity contribution in [2.45, 2.75) is 12.5 Å². The predicted octanol–water partition coefficient (Wildman–Crippen LogP) is -0.214. The van der Waals surface area contributed by atoms with Crippen LogP contribution in [0.4, 0.5) is 4.39 Å². The topological polar surface area (TPSA) is 99.5 Å². The molecule has 17 heavy (non-hydrogen) atoms. The molecule has 1 unspecified atom stereocenters. The molecule has 0 aliphatic rings. The quantitative estimate of drug-likeness (QED) is 0.620. The lowest BCUT2D eigenvalue weighted by Gasteiger charge is -2.12. The highest BCUT2D eigenvalue weighted by Gasteiger charge is 2.20. The first-order chi connectivity index (χ1) is 8.04. The van der Waals surface area contributed by atoms with Gasteiger partial charge in [-0.25, -0.2) is 9.78 Å². The number of pyridine rings is 1. The zero-order valence-corrected chi connectivity index (χ0v) is 8.76. The Hall–Kier alpha value is -2.02. The van der Waals surface area contributed by atoms with E-state index >= 15 is 0 Å². The van der Waals surface area contributed by atoms with E-state index < -0.39 is 23.9 Å². The van der Waals surface area contributed by atoms with E-state index in [0.29, 0.717) is 0 Å². The molecule has 1 atom stereocenters. The third-order valence-corrected chi connectivity index (χ3v) is 2.01. The van der Waals surface area contributed by atoms with Crippen LogP contribution >= 0.6 is 0 Å². The van der Waals surface area contributed by atoms with Gasteiger partial charge in [0.15, 0.2) is 0 Å². The van der Waals surface area contributed by atoms with E-state index in [0.717, 1.165) is 12.3 Å². The first kappa shape index (κ1) is 13.0. The molecule has 1 aromatic rings. The summed E-state index contributed by atoms with van der Waals surface area (Å²) in [5.74, 6) is -2.66. The summed E-state index contributed by atoms with van der Waals surface area (Å²) in [5, 5.41) is 19.6. The molecule has 0 fully saturated rings. The van der Waals surface area contributed by atoms with Crippen molar-refractivity contribution in [2.24, 2.45) is 0 Å². The van der Waals surface area contributed by atoms with Gasteiger partial charge in [0.2, 0.25) is 5.95 Å². The number of carboxylic acid groups (broad SMARTS) is 1. The number of nitrogens with zero attached hydrogens (tertiary/aromatic N) is 1. The molecule has 1 rings (SSSR count). The van der Waals surface area contributed by atoms with Crippen molar-refractivity contribution in [1.82, 2.24) is 10.3 Å². The SMILES string of the molecule is O=C(NC(CCO)C(=O)O)c1ccc(F)nc1. The minimum Gasteiger partial charge on any atom is -0.480 e. The molecule has 0 aliphatic carbocycles. The Morgan fingerprint density at radius 1 is 1.47 bits per heavy atom. The number of nitrogens with one attached hydrogen (secondary N) is 1. The summed E-state index contributed by atoms with van der Waals surface area (Å²) in [4.78, 5) is 25.5. The Bertz CT molecular complexity index is 407. The van der Waals surface area contributed by atoms with E-state index in [4.69, 9.17) is 10.2 Å². The van der Waals surface area contributed by atoms with Crippen molar-refractivity contribution in [3.05, 3.63) is 29.8 Å². The van der Waals surface area contributed by atoms with Gasteiger partial charge < -0.3 is 15.5 Å². The van der Waals surface area contributed by atoms with Gasteiger partial charge in [-0.3, -0.25) is 4.79 Å². The van der Waals surface area contributed by atoms with Crippen molar-refractivity contribution < 1.29 is 24.2 Å². The smallest absolute Gasteiger partial charge is 0.326 e. The third kappa shape index (κ3) is 3.80. The first-order valence-electron chi connectivity index (χ1n) is 4.80. The summed E-state index contributed by atoms with van der Waals surface area (Å²) in [6.45, 7) is -0.362. The number of aliphatic hydroxyl groups is 1. The van der Waals surface area contributed by atoms with E-state index in [-0.39, 0.29) is 18.6 Å². The number of carbonyl (C=O) groups is 2. The summed E-state index contributed by atoms with van der Waals surface area (Å²) in [6.07, 6.45) is 0.901. The summed E-state index contributed by atoms with van der Waals surface area (Å²) in [5.41, 5.74) is 0.0515. The predicted molar refractivity (Wildman–Crippen MR) is 54.8 cm³/mol. The van der Waals surface area contributed by atoms with Gasteiger partial charge in [0.05, 0.1) is 5.56 Å². The zero-order valence-electron chi connectivity index (χ0n) is 8.76. The van der Waals surface area contributed by atoms with Crippen LogP contribution in [0.2, 0.25) is 0 Å². The Balaban J connectivity index is 2.70. The number of rotatable bonds is 5. The highest BCUT2D eigenvalue weighted by molar-refractivity contribution is 5.96. The van der Waals surface area contributed by atoms with Crippen LogP contribution < -0.4 is 5.32 Å². The fourth-order valence-electron chi connectivity index (χ4n) is 1.14. The van der Waals surface area contributed by atoms with Gasteiger partial charge in [-0.1, -0.05) is 0 Å². The number of carbonyl (C=O) groups excluding carboxylic acids is 1. The number of hydrogen-bond acceptors (Lipinski definition) is 4. The molecule has 3 N–H and O–H groups in total. The molecule has 1 aromatic heterocycles. The maximum absolute atomic E-state index is 12.5. The molecule has 0 aliphatic heterocycles. The first-order valence-corrected chi connectivity index (χ1v) is 4.80. The third-order valence-electron chi connectivity index (χ3n) is 2.01. The van der Waals surface area contributed by atoms with Crippen LogP contribution in [0.1, 0.15) is 16.8 Å². The molecule has 0 aromatic carbocycles. The Morgan fingerprint density at radius 2 is 2.18 bits per heavy atom. The summed E-state index contributed by atoms with van der Waals surface area (Å²) >= 11 is 0. The van der Waals surface area contributed by atoms with Gasteiger partial charge in [0.1, 0.15) is 6.04 Å². The minimum atomic E-state index is -1.25. The van der Waals surface area contributed by atoms with E-state index in [9.17, 15) is 14.0 Å². The average Bonchev–Trinajstić information content (AvgIpc) is 2.29. The molecule has 0 saturated carbocycles. The Morgan fingerprint density at radius 3 is 2.65 bits per heavy atom. The minimum absolute atomic E-state index is 0.0515. The van der Waals surface area contributed by atoms with E-state index in [1.807, 2.05) is 0 Å². The zero-order chi connectivity index (χ0) is 12.8. The molecular formula is C10H11FN2O4. The summed E-state index contributed by atoms with van der Waals surface area (Å²) < 4.78 is 12.5. The van der Waals surface area contributed by atoms with Gasteiger partial charge >= 0.3 is 5.97 Å². The highest BCUT2D eigenvalue weighted by atomic mass is 19.1. The molecule has 0 saturated heterocycles. The standard InChI is InChI=1S/C10H11FN2O4/c11-8-2-1-6(5-12-8)9(15)13-7(3-4-14)10(16)17/h1-2,5,7,14H,3-4H2,(H,13,15)(H,16,17). The van der Waals surface area contributed by atoms with E-state index in [2.05, 4.69) is 10.3 Å². The maximum Gasteiger partial charge on any atom is 0.326 e. The molecule has 0 spiro atoms. The van der Waals surface area contributed by atoms with Crippen LogP contribution in [0, 0.1) is 5.95 Å². The highest BCUT2D eigenvalue weighted by Crippen LogP contribution is 2.01. The van der Waals surface area contributed by atoms with Crippen LogP contribution in [0.5, 0.6) is 0 Å². The van der Waals surface area contributed by atoms with E-state index in [1.165, 1.54) is 6.07 Å². The number of aromatic nitrogens is 1. The number of aliphatic hydroxyl groups excluding tert-OH is 1. The second-order valence-corrected chi connectivity index (χ2v) is 3.25. The molecule has 92 valence electrons. The lowest BCUT2D eigenvalue weighted by atomic mass is 10.2. The van der Waals surface area contributed by atoms with E-state index in [1.54, 1.807) is 0 Å². The fraction of sp³-hybridized carbons (Fsp3) is 0.300. The van der Waals surface area contributed by atoms with Gasteiger partial charge in [-0.15, -0.1) is 0 Å². The van der Waals surface area contributed by atoms with Gasteiger partial charge in [0.25, 0.3) is 5.91 Å². The van der Waals surface area contributed by atoms with Gasteiger partial charge in [-0.2, -0.15) is 4.39 Å². The van der Waals surface area contributed by atoms with Crippen LogP contribution in [-0.4, -0.2) is 39.7 Å². The lowest BCUT2D eigenvalue weighted by molar-refractivity contribution is -0.139. The molecule has 0 bridgehead atoms. The van der Waals surface area contributed by atoms with Crippen LogP contribution in [-0.2, 0) is 4.79 Å². The monoisotopic (exact) mass is 242 g/mol. The number of hydrogen-bond donors (Lipinski definition) is 3. The number of carboxylic acids is 1. The number of halogens is 1. The number of amides is 1. The van der Waals surface area contributed by atoms with Crippen LogP contribution in [0.25, 0.3) is 0 Å². The number of aliphatic carboxylic acids is 1. The van der Waals surface area contributed by atoms with Crippen molar-refractivity contribution in [2.75, 3.05) is 6.61 Å². The summed E-state index contributed by atoms with van der Waals surface area (Å²) in [7, 11) is 0. The second kappa shape index (κ2) is 5.90. The fourth-order valence-corrected chi connectivity index (χ4v) is 1.14. The molecule has 1 amide bonds. The Kier molecular flexibility index (Phi) is 4.53. The average molecular weight is 242 g/mol. The largest absolute Gasteiger partial charge is 0.480 e. The second-order valence-electron chi connectivity index (χ2n) is 3.25. The molecule has 1 heterocycles. The van der Waals surface area contributed by atoms with Crippen LogP contribution in [0.15, 0.2) is 18.3 Å². The van der Waals surface area contributed by atoms with Crippen molar-refractivity contribution in [1.29, 1.82) is 0 Å².